The Balaban J connectivity index is 0.000000192. The maximum atomic E-state index is 14.9. The number of aromatic nitrogens is 15. The minimum Gasteiger partial charge on any atom is -0.394 e. The van der Waals surface area contributed by atoms with Crippen molar-refractivity contribution in [1.29, 1.82) is 0 Å². The SMILES string of the molecule is [2H]c1c([2H])c([C@@]2([2H])[C@H](Nc3nc(SC([2H])([2H])CC)nc4c3nnn4[C@]3([2H])C([2H])([2H])[C@]([2H])(OC([2H])([2H])CO)[C@@]([2H])(O)[C@@]3([2H])O)C2([2H])[2H])c([2H])c(F)c1C.[2H]c1c([2H])c([C@@]2([2H])[C@H](Nc3nc(SC([2H])([2H])CC)nc4c3nnn4[C@]3([2H])C([2H])([2H])[C@]([2H])(OCC([2H])([2H])O)[C@@]([2H])(O)[C@@]3([2H])O)C2([2H])[2H])c([2H])c(F)c1C.[2H]c1c([2H])c([C@@]2([2H])[C@H](Nc3nc(SC([2H])([2H])CC)nc4c3nnn4[C@]3([2H])C([2H])([2H])[C@]([2H])(OCCO)[C@@]([2H])(O)[C@@]3([2H])O)C2([2H])[2H])c([2H])c(F)c1C. The summed E-state index contributed by atoms with van der Waals surface area (Å²) < 4.78 is 446. The van der Waals surface area contributed by atoms with E-state index in [2.05, 4.69) is 81.5 Å². The van der Waals surface area contributed by atoms with E-state index in [1.165, 1.54) is 20.8 Å². The van der Waals surface area contributed by atoms with E-state index in [9.17, 15) is 59.1 Å². The van der Waals surface area contributed by atoms with E-state index < -0.39 is 358 Å². The zero-order valence-electron chi connectivity index (χ0n) is 102. The van der Waals surface area contributed by atoms with Gasteiger partial charge in [0.15, 0.2) is 66.4 Å². The molecule has 0 unspecified atom stereocenters. The summed E-state index contributed by atoms with van der Waals surface area (Å²) in [7, 11) is 0. The van der Waals surface area contributed by atoms with Crippen LogP contribution in [0.25, 0.3) is 33.5 Å². The first-order valence-electron chi connectivity index (χ1n) is 54.8. The molecule has 3 aromatic carbocycles. The van der Waals surface area contributed by atoms with Gasteiger partial charge in [-0.2, -0.15) is 0 Å². The van der Waals surface area contributed by atoms with Gasteiger partial charge in [-0.1, -0.05) is 108 Å². The number of anilines is 3. The number of fused-ring (bicyclic) bond motifs is 3. The van der Waals surface area contributed by atoms with E-state index in [-0.39, 0.29) is 50.0 Å². The predicted octanol–water partition coefficient (Wildman–Crippen LogP) is 6.55. The third-order valence-electron chi connectivity index (χ3n) is 14.9. The number of nitrogens with zero attached hydrogens (tertiary/aromatic N) is 15. The van der Waals surface area contributed by atoms with Crippen LogP contribution < -0.4 is 16.0 Å². The lowest BCUT2D eigenvalue weighted by Crippen LogP contribution is -2.33. The van der Waals surface area contributed by atoms with Crippen molar-refractivity contribution < 1.29 is 136 Å². The fourth-order valence-electron chi connectivity index (χ4n) is 9.59. The predicted molar refractivity (Wildman–Crippen MR) is 398 cm³/mol. The molecule has 0 amide bonds. The van der Waals surface area contributed by atoms with Crippen LogP contribution in [0.1, 0.15) is 210 Å². The molecule has 0 spiro atoms. The molecule has 6 aliphatic carbocycles. The fraction of sp³-hybridized carbons (Fsp3) is 0.583. The maximum absolute atomic E-state index is 14.9. The second kappa shape index (κ2) is 35.1. The van der Waals surface area contributed by atoms with E-state index in [0.29, 0.717) is 35.3 Å². The molecule has 6 saturated carbocycles. The van der Waals surface area contributed by atoms with Crippen LogP contribution in [0, 0.1) is 38.2 Å². The third kappa shape index (κ3) is 17.5. The van der Waals surface area contributed by atoms with Crippen LogP contribution in [0.15, 0.2) is 69.9 Å². The fourth-order valence-corrected chi connectivity index (χ4v) is 11.2. The van der Waals surface area contributed by atoms with Gasteiger partial charge in [0.05, 0.1) is 110 Å². The zero-order chi connectivity index (χ0) is 118. The Morgan fingerprint density at radius 1 is 0.472 bits per heavy atom. The highest BCUT2D eigenvalue weighted by molar-refractivity contribution is 7.99. The number of benzene rings is 3. The molecule has 0 saturated heterocycles. The van der Waals surface area contributed by atoms with Crippen LogP contribution in [0.3, 0.4) is 0 Å². The van der Waals surface area contributed by atoms with Crippen LogP contribution in [-0.4, -0.2) is 250 Å². The summed E-state index contributed by atoms with van der Waals surface area (Å²) in [5, 5.41) is 123. The van der Waals surface area contributed by atoms with Crippen LogP contribution in [0.4, 0.5) is 30.6 Å². The normalized spacial score (nSPS) is 47.5. The van der Waals surface area contributed by atoms with Gasteiger partial charge in [0.2, 0.25) is 0 Å². The minimum absolute atomic E-state index is 0.0302. The number of aliphatic hydroxyl groups is 9. The molecular weight excluding hydrogens is 1460 g/mol. The molecule has 6 aromatic heterocycles. The highest BCUT2D eigenvalue weighted by atomic mass is 32.2. The van der Waals surface area contributed by atoms with E-state index in [4.69, 9.17) is 72.5 Å². The van der Waals surface area contributed by atoms with Crippen LogP contribution in [0.2, 0.25) is 0 Å². The molecule has 12 N–H and O–H groups in total. The largest absolute Gasteiger partial charge is 0.394 e. The molecular formula is C72H93F3N18O12S3. The number of hydrogen-bond donors (Lipinski definition) is 12. The monoisotopic (exact) mass is 1600 g/mol. The summed E-state index contributed by atoms with van der Waals surface area (Å²) in [5.41, 5.74) is -14.2. The van der Waals surface area contributed by atoms with Gasteiger partial charge in [-0.05, 0) is 111 Å². The Bertz CT molecular complexity index is 7040. The van der Waals surface area contributed by atoms with Crippen molar-refractivity contribution in [2.45, 2.75) is 223 Å². The number of halogens is 3. The molecule has 6 aliphatic rings. The van der Waals surface area contributed by atoms with E-state index >= 15 is 0 Å². The van der Waals surface area contributed by atoms with Gasteiger partial charge in [0.25, 0.3) is 0 Å². The minimum atomic E-state index is -4.24. The molecule has 582 valence electrons. The maximum Gasteiger partial charge on any atom is 0.191 e. The van der Waals surface area contributed by atoms with Crippen molar-refractivity contribution in [1.82, 2.24) is 74.9 Å². The number of rotatable bonds is 30. The Morgan fingerprint density at radius 3 is 1.10 bits per heavy atom. The van der Waals surface area contributed by atoms with Crippen molar-refractivity contribution in [3.8, 4) is 0 Å². The molecule has 15 rings (SSSR count). The van der Waals surface area contributed by atoms with Gasteiger partial charge in [-0.25, -0.2) is 57.1 Å². The van der Waals surface area contributed by atoms with Gasteiger partial charge >= 0.3 is 0 Å². The van der Waals surface area contributed by atoms with E-state index in [1.807, 2.05) is 0 Å². The Kier molecular flexibility index (Phi) is 12.9. The number of thioether (sulfide) groups is 3. The third-order valence-corrected chi connectivity index (χ3v) is 17.3. The Labute approximate surface area is 697 Å². The molecule has 108 heavy (non-hydrogen) atoms. The number of hydrogen-bond acceptors (Lipinski definition) is 30. The quantitative estimate of drug-likeness (QED) is 0.0168. The number of aliphatic hydroxyl groups excluding tert-OH is 2. The first kappa shape index (κ1) is 39.9. The average molecular weight is 1600 g/mol. The summed E-state index contributed by atoms with van der Waals surface area (Å²) in [4.78, 5) is 24.6. The smallest absolute Gasteiger partial charge is 0.191 e. The van der Waals surface area contributed by atoms with Crippen molar-refractivity contribution in [3.63, 3.8) is 0 Å². The molecule has 0 radical (unpaired) electrons. The highest BCUT2D eigenvalue weighted by Crippen LogP contribution is 2.48. The lowest BCUT2D eigenvalue weighted by Gasteiger charge is -2.17. The van der Waals surface area contributed by atoms with E-state index in [1.54, 1.807) is 0 Å². The second-order valence-electron chi connectivity index (χ2n) is 22.3. The zero-order valence-corrected chi connectivity index (χ0v) is 58.9. The number of ether oxygens (including phenoxy) is 3. The number of nitrogens with one attached hydrogen (secondary N) is 3. The van der Waals surface area contributed by atoms with Gasteiger partial charge in [0.1, 0.15) is 53.9 Å². The lowest BCUT2D eigenvalue weighted by molar-refractivity contribution is -0.0629. The van der Waals surface area contributed by atoms with Crippen molar-refractivity contribution in [2.24, 2.45) is 0 Å². The van der Waals surface area contributed by atoms with Gasteiger partial charge < -0.3 is 76.1 Å². The molecule has 0 bridgehead atoms. The summed E-state index contributed by atoms with van der Waals surface area (Å²) in [6, 6.07) is -24.4. The van der Waals surface area contributed by atoms with Gasteiger partial charge in [0, 0.05) is 101 Å². The van der Waals surface area contributed by atoms with Crippen molar-refractivity contribution >= 4 is 86.2 Å². The Morgan fingerprint density at radius 2 is 0.796 bits per heavy atom. The summed E-state index contributed by atoms with van der Waals surface area (Å²) >= 11 is 1.05. The van der Waals surface area contributed by atoms with Gasteiger partial charge in [-0.15, -0.1) is 15.3 Å². The topological polar surface area (TPSA) is 415 Å². The molecule has 0 aliphatic heterocycles. The Hall–Kier alpha value is -7.14. The lowest BCUT2D eigenvalue weighted by atomic mass is 10.1. The summed E-state index contributed by atoms with van der Waals surface area (Å²) in [6.07, 6.45) is -56.7. The summed E-state index contributed by atoms with van der Waals surface area (Å²) in [5.74, 6) is -13.4. The van der Waals surface area contributed by atoms with Gasteiger partial charge in [-0.3, -0.25) is 0 Å². The highest BCUT2D eigenvalue weighted by Gasteiger charge is 2.49. The molecule has 6 fully saturated rings. The van der Waals surface area contributed by atoms with Crippen molar-refractivity contribution in [2.75, 3.05) is 72.6 Å². The standard InChI is InChI=1S/3C24H31FN6O4S/c3*1-3-8-36-24-27-22(26-16-10-14(16)13-5-4-12(2)15(25)9-13)19-23(28-24)31(30-29-19)17-11-18(35-7-6-32)21(34)20(17)33/h3*4-5,9,14,16-18,20-21,32-34H,3,6-8,10-11H2,1-2H3,(H,26,27,28)/t3*14-,16+,17+,18-,20-,21+/m000/s1/i4D,5D,7D2,8D2,9D,10D2,11D2,14D,17D,18D,20D,21D;4D,5D,6D2,8D2,9D,10D2,11D2,14D,17D,18D,20D,21D;4D,5D,8D2,9D,10D2,11D2,14D,17D,18D,20D,21D. The molecule has 18 atom stereocenters. The first-order valence-corrected chi connectivity index (χ1v) is 34.2. The van der Waals surface area contributed by atoms with Crippen LogP contribution in [-0.2, 0) is 14.2 Å². The molecule has 30 nitrogen and oxygen atoms in total. The summed E-state index contributed by atoms with van der Waals surface area (Å²) in [6.45, 7) is -3.76. The van der Waals surface area contributed by atoms with Crippen molar-refractivity contribution in [3.05, 3.63) is 105 Å². The second-order valence-corrected chi connectivity index (χ2v) is 24.9. The van der Waals surface area contributed by atoms with E-state index in [0.717, 1.165) is 20.8 Å². The molecule has 36 heteroatoms. The molecule has 9 aromatic rings. The van der Waals surface area contributed by atoms with Crippen LogP contribution in [0.5, 0.6) is 0 Å². The van der Waals surface area contributed by atoms with Crippen LogP contribution >= 0.6 is 35.3 Å². The first-order chi connectivity index (χ1) is 69.4. The average Bonchev–Trinajstić information content (AvgIpc) is 1.49. The molecule has 6 heterocycles.